The van der Waals surface area contributed by atoms with E-state index in [2.05, 4.69) is 15.3 Å². The average Bonchev–Trinajstić information content (AvgIpc) is 3.14. The maximum atomic E-state index is 8.76. The molecular formula is C18H20N4O2. The third kappa shape index (κ3) is 3.93. The van der Waals surface area contributed by atoms with Crippen molar-refractivity contribution < 1.29 is 9.47 Å². The van der Waals surface area contributed by atoms with Crippen LogP contribution < -0.4 is 14.8 Å². The van der Waals surface area contributed by atoms with Gasteiger partial charge < -0.3 is 14.8 Å². The molecule has 24 heavy (non-hydrogen) atoms. The van der Waals surface area contributed by atoms with Crippen molar-refractivity contribution in [3.63, 3.8) is 0 Å². The summed E-state index contributed by atoms with van der Waals surface area (Å²) in [6.07, 6.45) is 7.94. The Hall–Kier alpha value is -2.81. The van der Waals surface area contributed by atoms with E-state index in [4.69, 9.17) is 14.7 Å². The summed E-state index contributed by atoms with van der Waals surface area (Å²) in [7, 11) is 1.65. The fourth-order valence-electron chi connectivity index (χ4n) is 2.77. The van der Waals surface area contributed by atoms with Crippen LogP contribution in [0.4, 0.5) is 5.82 Å². The van der Waals surface area contributed by atoms with Gasteiger partial charge in [-0.1, -0.05) is 0 Å². The minimum absolute atomic E-state index is 0.283. The molecule has 1 fully saturated rings. The summed E-state index contributed by atoms with van der Waals surface area (Å²) in [5.74, 6) is 2.25. The highest BCUT2D eigenvalue weighted by molar-refractivity contribution is 5.43. The molecule has 1 aliphatic carbocycles. The minimum atomic E-state index is 0.283. The van der Waals surface area contributed by atoms with Crippen LogP contribution in [0.1, 0.15) is 36.9 Å². The molecule has 0 unspecified atom stereocenters. The SMILES string of the molecule is COc1ccc(CNc2cnc(C#N)cn2)c(OC2CCCC2)c1. The van der Waals surface area contributed by atoms with E-state index in [9.17, 15) is 0 Å². The van der Waals surface area contributed by atoms with Gasteiger partial charge in [0.15, 0.2) is 5.69 Å². The van der Waals surface area contributed by atoms with Crippen molar-refractivity contribution in [2.45, 2.75) is 38.3 Å². The van der Waals surface area contributed by atoms with Crippen LogP contribution in [0.3, 0.4) is 0 Å². The molecule has 0 saturated heterocycles. The van der Waals surface area contributed by atoms with Gasteiger partial charge in [0, 0.05) is 18.2 Å². The lowest BCUT2D eigenvalue weighted by molar-refractivity contribution is 0.207. The summed E-state index contributed by atoms with van der Waals surface area (Å²) >= 11 is 0. The number of anilines is 1. The van der Waals surface area contributed by atoms with Crippen molar-refractivity contribution in [1.29, 1.82) is 5.26 Å². The standard InChI is InChI=1S/C18H20N4O2/c1-23-16-7-6-13(17(8-16)24-15-4-2-3-5-15)10-21-18-12-20-14(9-19)11-22-18/h6-8,11-12,15H,2-5,10H2,1H3,(H,21,22). The lowest BCUT2D eigenvalue weighted by atomic mass is 10.1. The normalized spacial score (nSPS) is 14.2. The van der Waals surface area contributed by atoms with E-state index in [0.29, 0.717) is 18.1 Å². The number of aromatic nitrogens is 2. The van der Waals surface area contributed by atoms with E-state index in [0.717, 1.165) is 29.9 Å². The molecule has 1 aromatic carbocycles. The summed E-state index contributed by atoms with van der Waals surface area (Å²) in [5, 5.41) is 12.0. The monoisotopic (exact) mass is 324 g/mol. The molecule has 0 aliphatic heterocycles. The van der Waals surface area contributed by atoms with E-state index < -0.39 is 0 Å². The molecule has 0 atom stereocenters. The number of nitriles is 1. The zero-order valence-electron chi connectivity index (χ0n) is 13.7. The minimum Gasteiger partial charge on any atom is -0.497 e. The van der Waals surface area contributed by atoms with Gasteiger partial charge in [0.25, 0.3) is 0 Å². The van der Waals surface area contributed by atoms with Gasteiger partial charge in [0.2, 0.25) is 0 Å². The van der Waals surface area contributed by atoms with Crippen molar-refractivity contribution in [2.75, 3.05) is 12.4 Å². The van der Waals surface area contributed by atoms with Gasteiger partial charge in [-0.15, -0.1) is 0 Å². The fraction of sp³-hybridized carbons (Fsp3) is 0.389. The molecule has 1 saturated carbocycles. The number of methoxy groups -OCH3 is 1. The third-order valence-electron chi connectivity index (χ3n) is 4.10. The van der Waals surface area contributed by atoms with Crippen LogP contribution in [0.15, 0.2) is 30.6 Å². The summed E-state index contributed by atoms with van der Waals surface area (Å²) in [4.78, 5) is 8.17. The van der Waals surface area contributed by atoms with Crippen molar-refractivity contribution in [2.24, 2.45) is 0 Å². The topological polar surface area (TPSA) is 80.1 Å². The summed E-state index contributed by atoms with van der Waals surface area (Å²) in [6, 6.07) is 7.80. The van der Waals surface area contributed by atoms with Gasteiger partial charge in [-0.05, 0) is 37.8 Å². The molecule has 0 spiro atoms. The smallest absolute Gasteiger partial charge is 0.158 e. The number of benzene rings is 1. The van der Waals surface area contributed by atoms with Gasteiger partial charge in [-0.3, -0.25) is 0 Å². The molecule has 2 aromatic rings. The highest BCUT2D eigenvalue weighted by Crippen LogP contribution is 2.30. The van der Waals surface area contributed by atoms with E-state index in [-0.39, 0.29) is 6.10 Å². The molecular weight excluding hydrogens is 304 g/mol. The Kier molecular flexibility index (Phi) is 5.12. The van der Waals surface area contributed by atoms with Crippen molar-refractivity contribution in [3.05, 3.63) is 41.9 Å². The molecule has 6 heteroatoms. The molecule has 3 rings (SSSR count). The summed E-state index contributed by atoms with van der Waals surface area (Å²) < 4.78 is 11.5. The van der Waals surface area contributed by atoms with Crippen LogP contribution in [-0.4, -0.2) is 23.2 Å². The second-order valence-corrected chi connectivity index (χ2v) is 5.75. The third-order valence-corrected chi connectivity index (χ3v) is 4.10. The predicted molar refractivity (Wildman–Crippen MR) is 90.0 cm³/mol. The van der Waals surface area contributed by atoms with Crippen molar-refractivity contribution in [1.82, 2.24) is 9.97 Å². The molecule has 1 aromatic heterocycles. The molecule has 1 heterocycles. The first-order valence-corrected chi connectivity index (χ1v) is 8.08. The van der Waals surface area contributed by atoms with Crippen LogP contribution in [-0.2, 0) is 6.54 Å². The first-order chi connectivity index (χ1) is 11.8. The first-order valence-electron chi connectivity index (χ1n) is 8.08. The zero-order valence-corrected chi connectivity index (χ0v) is 13.7. The number of hydrogen-bond donors (Lipinski definition) is 1. The Labute approximate surface area is 141 Å². The lowest BCUT2D eigenvalue weighted by Crippen LogP contribution is -2.13. The fourth-order valence-corrected chi connectivity index (χ4v) is 2.77. The highest BCUT2D eigenvalue weighted by Gasteiger charge is 2.18. The number of ether oxygens (including phenoxy) is 2. The molecule has 1 aliphatic rings. The van der Waals surface area contributed by atoms with Gasteiger partial charge in [0.1, 0.15) is 23.4 Å². The van der Waals surface area contributed by atoms with Crippen LogP contribution in [0, 0.1) is 11.3 Å². The highest BCUT2D eigenvalue weighted by atomic mass is 16.5. The Bertz CT molecular complexity index is 719. The molecule has 0 radical (unpaired) electrons. The maximum Gasteiger partial charge on any atom is 0.158 e. The molecule has 0 bridgehead atoms. The quantitative estimate of drug-likeness (QED) is 0.878. The largest absolute Gasteiger partial charge is 0.497 e. The Balaban J connectivity index is 1.71. The summed E-state index contributed by atoms with van der Waals surface area (Å²) in [6.45, 7) is 0.562. The van der Waals surface area contributed by atoms with Crippen LogP contribution in [0.25, 0.3) is 0 Å². The Morgan fingerprint density at radius 2 is 2.08 bits per heavy atom. The second-order valence-electron chi connectivity index (χ2n) is 5.75. The Morgan fingerprint density at radius 3 is 2.75 bits per heavy atom. The number of rotatable bonds is 6. The summed E-state index contributed by atoms with van der Waals surface area (Å²) in [5.41, 5.74) is 1.34. The Morgan fingerprint density at radius 1 is 1.25 bits per heavy atom. The van der Waals surface area contributed by atoms with E-state index in [1.807, 2.05) is 24.3 Å². The van der Waals surface area contributed by atoms with Gasteiger partial charge >= 0.3 is 0 Å². The number of hydrogen-bond acceptors (Lipinski definition) is 6. The molecule has 6 nitrogen and oxygen atoms in total. The van der Waals surface area contributed by atoms with Gasteiger partial charge in [-0.25, -0.2) is 9.97 Å². The molecule has 0 amide bonds. The number of nitrogens with zero attached hydrogens (tertiary/aromatic N) is 3. The second kappa shape index (κ2) is 7.64. The van der Waals surface area contributed by atoms with E-state index >= 15 is 0 Å². The molecule has 124 valence electrons. The van der Waals surface area contributed by atoms with E-state index in [1.54, 1.807) is 13.3 Å². The number of nitrogens with one attached hydrogen (secondary N) is 1. The zero-order chi connectivity index (χ0) is 16.8. The lowest BCUT2D eigenvalue weighted by Gasteiger charge is -2.18. The van der Waals surface area contributed by atoms with Crippen molar-refractivity contribution >= 4 is 5.82 Å². The molecule has 1 N–H and O–H groups in total. The van der Waals surface area contributed by atoms with Crippen molar-refractivity contribution in [3.8, 4) is 17.6 Å². The predicted octanol–water partition coefficient (Wildman–Crippen LogP) is 3.29. The average molecular weight is 324 g/mol. The van der Waals surface area contributed by atoms with Crippen LogP contribution in [0.2, 0.25) is 0 Å². The van der Waals surface area contributed by atoms with Crippen LogP contribution in [0.5, 0.6) is 11.5 Å². The van der Waals surface area contributed by atoms with Crippen LogP contribution >= 0.6 is 0 Å². The maximum absolute atomic E-state index is 8.76. The van der Waals surface area contributed by atoms with E-state index in [1.165, 1.54) is 19.0 Å². The van der Waals surface area contributed by atoms with Gasteiger partial charge in [-0.2, -0.15) is 5.26 Å². The first kappa shape index (κ1) is 16.1. The van der Waals surface area contributed by atoms with Gasteiger partial charge in [0.05, 0.1) is 25.6 Å².